The number of rotatable bonds is 4. The van der Waals surface area contributed by atoms with Gasteiger partial charge in [0.25, 0.3) is 0 Å². The average molecular weight is 557 g/mol. The van der Waals surface area contributed by atoms with Gasteiger partial charge in [-0.3, -0.25) is 4.79 Å². The topological polar surface area (TPSA) is 43.4 Å². The lowest BCUT2D eigenvalue weighted by Crippen LogP contribution is -2.64. The molecule has 0 radical (unpaired) electrons. The molecule has 1 aromatic carbocycles. The zero-order valence-electron chi connectivity index (χ0n) is 26.9. The third-order valence-electron chi connectivity index (χ3n) is 14.1. The van der Waals surface area contributed by atoms with E-state index in [9.17, 15) is 9.59 Å². The number of hydrogen-bond acceptors (Lipinski definition) is 3. The highest BCUT2D eigenvalue weighted by Gasteiger charge is 2.69. The zero-order chi connectivity index (χ0) is 29.6. The third-order valence-corrected chi connectivity index (χ3v) is 14.1. The first-order valence-corrected chi connectivity index (χ1v) is 16.4. The molecular formula is C38H52O3. The van der Waals surface area contributed by atoms with Crippen LogP contribution in [0.3, 0.4) is 0 Å². The van der Waals surface area contributed by atoms with Gasteiger partial charge in [0.1, 0.15) is 6.61 Å². The highest BCUT2D eigenvalue weighted by Crippen LogP contribution is 2.76. The molecule has 0 saturated heterocycles. The van der Waals surface area contributed by atoms with Gasteiger partial charge < -0.3 is 4.74 Å². The maximum absolute atomic E-state index is 13.8. The van der Waals surface area contributed by atoms with Crippen LogP contribution in [0.2, 0.25) is 0 Å². The van der Waals surface area contributed by atoms with Gasteiger partial charge in [-0.2, -0.15) is 0 Å². The van der Waals surface area contributed by atoms with Crippen molar-refractivity contribution in [3.8, 4) is 0 Å². The molecule has 5 aliphatic rings. The second kappa shape index (κ2) is 9.42. The van der Waals surface area contributed by atoms with Gasteiger partial charge in [-0.05, 0) is 120 Å². The molecule has 0 amide bonds. The number of benzene rings is 1. The van der Waals surface area contributed by atoms with Crippen molar-refractivity contribution in [1.82, 2.24) is 0 Å². The molecule has 0 heterocycles. The second-order valence-corrected chi connectivity index (χ2v) is 16.2. The van der Waals surface area contributed by atoms with E-state index in [1.54, 1.807) is 5.57 Å². The minimum Gasteiger partial charge on any atom is -0.461 e. The fourth-order valence-corrected chi connectivity index (χ4v) is 11.5. The number of Topliss-reactive ketones (excluding diaryl/α,β-unsaturated/α-hetero) is 1. The van der Waals surface area contributed by atoms with E-state index in [4.69, 9.17) is 4.74 Å². The first-order chi connectivity index (χ1) is 19.2. The average Bonchev–Trinajstić information content (AvgIpc) is 3.23. The molecule has 1 aromatic rings. The van der Waals surface area contributed by atoms with Gasteiger partial charge in [0.15, 0.2) is 5.78 Å². The van der Waals surface area contributed by atoms with Crippen LogP contribution in [0.4, 0.5) is 0 Å². The Bertz CT molecular complexity index is 1320. The molecular weight excluding hydrogens is 504 g/mol. The van der Waals surface area contributed by atoms with Gasteiger partial charge >= 0.3 is 5.97 Å². The van der Waals surface area contributed by atoms with Crippen LogP contribution in [0.25, 0.3) is 0 Å². The number of hydrogen-bond donors (Lipinski definition) is 0. The summed E-state index contributed by atoms with van der Waals surface area (Å²) in [5.41, 5.74) is 5.19. The van der Waals surface area contributed by atoms with E-state index in [1.165, 1.54) is 31.3 Å². The number of carbonyl (C=O) groups excluding carboxylic acids is 2. The lowest BCUT2D eigenvalue weighted by Gasteiger charge is -2.71. The normalized spacial score (nSPS) is 41.2. The van der Waals surface area contributed by atoms with Crippen LogP contribution in [0, 0.1) is 50.7 Å². The molecule has 0 spiro atoms. The molecule has 3 fully saturated rings. The Hall–Kier alpha value is -2.16. The first kappa shape index (κ1) is 28.9. The van der Waals surface area contributed by atoms with E-state index in [0.29, 0.717) is 41.6 Å². The number of fused-ring (bicyclic) bond motifs is 7. The smallest absolute Gasteiger partial charge is 0.338 e. The summed E-state index contributed by atoms with van der Waals surface area (Å²) in [4.78, 5) is 26.9. The molecule has 3 nitrogen and oxygen atoms in total. The molecule has 0 aliphatic heterocycles. The number of ketones is 1. The van der Waals surface area contributed by atoms with Crippen LogP contribution in [0.1, 0.15) is 117 Å². The first-order valence-electron chi connectivity index (χ1n) is 16.4. The van der Waals surface area contributed by atoms with E-state index >= 15 is 0 Å². The monoisotopic (exact) mass is 556 g/mol. The van der Waals surface area contributed by atoms with Gasteiger partial charge in [0, 0.05) is 11.8 Å². The number of esters is 1. The summed E-state index contributed by atoms with van der Waals surface area (Å²) in [5.74, 6) is 2.00. The molecule has 0 unspecified atom stereocenters. The van der Waals surface area contributed by atoms with Crippen molar-refractivity contribution in [2.75, 3.05) is 6.61 Å². The van der Waals surface area contributed by atoms with Crippen LogP contribution < -0.4 is 0 Å². The van der Waals surface area contributed by atoms with E-state index in [0.717, 1.165) is 30.8 Å². The minimum absolute atomic E-state index is 0.136. The Balaban J connectivity index is 1.38. The van der Waals surface area contributed by atoms with Crippen molar-refractivity contribution in [3.63, 3.8) is 0 Å². The largest absolute Gasteiger partial charge is 0.461 e. The van der Waals surface area contributed by atoms with E-state index < -0.39 is 0 Å². The van der Waals surface area contributed by atoms with Gasteiger partial charge in [-0.1, -0.05) is 78.3 Å². The second-order valence-electron chi connectivity index (χ2n) is 16.2. The molecule has 41 heavy (non-hydrogen) atoms. The third kappa shape index (κ3) is 3.89. The van der Waals surface area contributed by atoms with Crippen molar-refractivity contribution in [2.24, 2.45) is 50.7 Å². The van der Waals surface area contributed by atoms with Gasteiger partial charge in [-0.15, -0.1) is 0 Å². The summed E-state index contributed by atoms with van der Waals surface area (Å²) in [6.07, 6.45) is 11.3. The summed E-state index contributed by atoms with van der Waals surface area (Å²) < 4.78 is 6.08. The van der Waals surface area contributed by atoms with E-state index in [2.05, 4.69) is 61.5 Å². The molecule has 0 aromatic heterocycles. The molecule has 7 atom stereocenters. The molecule has 6 rings (SSSR count). The molecule has 0 bridgehead atoms. The number of carbonyl (C=O) groups is 2. The summed E-state index contributed by atoms with van der Waals surface area (Å²) in [6.45, 7) is 19.9. The fourth-order valence-electron chi connectivity index (χ4n) is 11.5. The maximum Gasteiger partial charge on any atom is 0.338 e. The van der Waals surface area contributed by atoms with E-state index in [1.807, 2.05) is 30.3 Å². The van der Waals surface area contributed by atoms with Crippen LogP contribution in [0.5, 0.6) is 0 Å². The van der Waals surface area contributed by atoms with Crippen molar-refractivity contribution < 1.29 is 14.3 Å². The van der Waals surface area contributed by atoms with Crippen LogP contribution >= 0.6 is 0 Å². The summed E-state index contributed by atoms with van der Waals surface area (Å²) in [6, 6.07) is 9.30. The highest BCUT2D eigenvalue weighted by atomic mass is 16.5. The number of allylic oxidation sites excluding steroid dienone is 3. The minimum atomic E-state index is -0.345. The highest BCUT2D eigenvalue weighted by molar-refractivity contribution is 6.00. The fraction of sp³-hybridized carbons (Fsp3) is 0.684. The molecule has 222 valence electrons. The van der Waals surface area contributed by atoms with Gasteiger partial charge in [0.05, 0.1) is 5.56 Å². The van der Waals surface area contributed by atoms with Crippen LogP contribution in [0.15, 0.2) is 53.1 Å². The molecule has 3 heteroatoms. The van der Waals surface area contributed by atoms with Gasteiger partial charge in [-0.25, -0.2) is 4.79 Å². The lowest BCUT2D eigenvalue weighted by atomic mass is 9.33. The Morgan fingerprint density at radius 1 is 0.927 bits per heavy atom. The van der Waals surface area contributed by atoms with Crippen LogP contribution in [-0.4, -0.2) is 18.4 Å². The van der Waals surface area contributed by atoms with Crippen LogP contribution in [-0.2, 0) is 9.53 Å². The maximum atomic E-state index is 13.8. The zero-order valence-corrected chi connectivity index (χ0v) is 26.9. The Kier molecular flexibility index (Phi) is 6.65. The standard InChI is InChI=1S/C38H52O3/c1-24(2)31-28(39)22-38(23-41-33(40)26-12-10-9-11-13-26)21-20-36(7)27(32(31)38)14-15-30-35(6)18-16-25(3)34(4,5)29(35)17-19-37(30,36)8/h9-13,16,24,27,29-30H,14-15,17-23H2,1-8H3/t27-,29+,30-,35+,36-,37-,38+/m1/s1. The number of ether oxygens (including phenoxy) is 1. The van der Waals surface area contributed by atoms with Crippen molar-refractivity contribution in [1.29, 1.82) is 0 Å². The summed E-state index contributed by atoms with van der Waals surface area (Å²) in [5, 5.41) is 0. The summed E-state index contributed by atoms with van der Waals surface area (Å²) in [7, 11) is 0. The Morgan fingerprint density at radius 2 is 1.63 bits per heavy atom. The Labute approximate surface area is 248 Å². The van der Waals surface area contributed by atoms with Crippen molar-refractivity contribution in [2.45, 2.75) is 107 Å². The van der Waals surface area contributed by atoms with Crippen molar-refractivity contribution in [3.05, 3.63) is 58.7 Å². The lowest BCUT2D eigenvalue weighted by molar-refractivity contribution is -0.200. The van der Waals surface area contributed by atoms with Gasteiger partial charge in [0.2, 0.25) is 0 Å². The predicted molar refractivity (Wildman–Crippen MR) is 165 cm³/mol. The van der Waals surface area contributed by atoms with Crippen molar-refractivity contribution >= 4 is 11.8 Å². The quantitative estimate of drug-likeness (QED) is 0.274. The predicted octanol–water partition coefficient (Wildman–Crippen LogP) is 9.38. The molecule has 5 aliphatic carbocycles. The Morgan fingerprint density at radius 3 is 2.32 bits per heavy atom. The van der Waals surface area contributed by atoms with E-state index in [-0.39, 0.29) is 33.5 Å². The molecule has 3 saturated carbocycles. The molecule has 0 N–H and O–H groups in total. The SMILES string of the molecule is CC1=CC[C@]2(C)[C@H]3CC[C@@H]4C5=C(C(C)C)C(=O)C[C@]5(COC(=O)c5ccccc5)CC[C@@]4(C)[C@]3(C)CC[C@H]2C1(C)C. The summed E-state index contributed by atoms with van der Waals surface area (Å²) >= 11 is 0.